The maximum Gasteiger partial charge on any atom is 0.358 e. The number of nitrogens with one attached hydrogen (secondary N) is 1. The van der Waals surface area contributed by atoms with E-state index in [2.05, 4.69) is 15.4 Å². The van der Waals surface area contributed by atoms with Crippen molar-refractivity contribution in [3.63, 3.8) is 0 Å². The largest absolute Gasteiger partial charge is 0.476 e. The summed E-state index contributed by atoms with van der Waals surface area (Å²) in [7, 11) is -3.28. The van der Waals surface area contributed by atoms with E-state index in [0.717, 1.165) is 0 Å². The van der Waals surface area contributed by atoms with Crippen LogP contribution in [0.5, 0.6) is 0 Å². The SMILES string of the molecule is CCS(=O)(=O)Cc1n[nH]nc1C(=O)O. The van der Waals surface area contributed by atoms with Crippen LogP contribution in [-0.2, 0) is 15.6 Å². The molecule has 0 aromatic carbocycles. The highest BCUT2D eigenvalue weighted by atomic mass is 32.2. The van der Waals surface area contributed by atoms with E-state index in [0.29, 0.717) is 0 Å². The van der Waals surface area contributed by atoms with E-state index in [4.69, 9.17) is 5.11 Å². The number of carboxylic acids is 1. The number of carbonyl (C=O) groups is 1. The van der Waals surface area contributed by atoms with Gasteiger partial charge >= 0.3 is 5.97 Å². The van der Waals surface area contributed by atoms with Gasteiger partial charge in [0.1, 0.15) is 5.69 Å². The quantitative estimate of drug-likeness (QED) is 0.701. The molecule has 0 aliphatic carbocycles. The predicted molar refractivity (Wildman–Crippen MR) is 46.5 cm³/mol. The van der Waals surface area contributed by atoms with Gasteiger partial charge in [0, 0.05) is 5.75 Å². The van der Waals surface area contributed by atoms with E-state index in [-0.39, 0.29) is 17.1 Å². The number of H-pyrrole nitrogens is 1. The standard InChI is InChI=1S/C6H9N3O4S/c1-2-14(12,13)3-4-5(6(10)11)8-9-7-4/h2-3H2,1H3,(H,10,11)(H,7,8,9). The Morgan fingerprint density at radius 1 is 1.50 bits per heavy atom. The monoisotopic (exact) mass is 219 g/mol. The molecule has 0 radical (unpaired) electrons. The first-order valence-electron chi connectivity index (χ1n) is 3.79. The van der Waals surface area contributed by atoms with Crippen LogP contribution < -0.4 is 0 Å². The summed E-state index contributed by atoms with van der Waals surface area (Å²) in [5.41, 5.74) is -0.402. The van der Waals surface area contributed by atoms with Crippen molar-refractivity contribution in [1.29, 1.82) is 0 Å². The van der Waals surface area contributed by atoms with Crippen molar-refractivity contribution in [3.05, 3.63) is 11.4 Å². The average Bonchev–Trinajstić information content (AvgIpc) is 2.51. The molecule has 8 heteroatoms. The molecule has 2 N–H and O–H groups in total. The molecule has 0 amide bonds. The van der Waals surface area contributed by atoms with E-state index in [1.54, 1.807) is 0 Å². The van der Waals surface area contributed by atoms with E-state index in [9.17, 15) is 13.2 Å². The van der Waals surface area contributed by atoms with E-state index < -0.39 is 21.6 Å². The lowest BCUT2D eigenvalue weighted by Crippen LogP contribution is -2.10. The first kappa shape index (κ1) is 10.6. The van der Waals surface area contributed by atoms with Gasteiger partial charge in [-0.1, -0.05) is 6.92 Å². The van der Waals surface area contributed by atoms with Gasteiger partial charge in [-0.05, 0) is 0 Å². The van der Waals surface area contributed by atoms with Crippen LogP contribution in [0.3, 0.4) is 0 Å². The lowest BCUT2D eigenvalue weighted by atomic mass is 10.3. The fraction of sp³-hybridized carbons (Fsp3) is 0.500. The Balaban J connectivity index is 2.98. The Labute approximate surface area is 80.1 Å². The summed E-state index contributed by atoms with van der Waals surface area (Å²) in [6, 6.07) is 0. The molecular formula is C6H9N3O4S. The van der Waals surface area contributed by atoms with Gasteiger partial charge in [-0.2, -0.15) is 10.3 Å². The van der Waals surface area contributed by atoms with Gasteiger partial charge in [0.05, 0.1) is 5.75 Å². The Hall–Kier alpha value is -1.44. The average molecular weight is 219 g/mol. The third-order valence-electron chi connectivity index (χ3n) is 1.62. The molecule has 0 spiro atoms. The number of hydrogen-bond acceptors (Lipinski definition) is 5. The maximum absolute atomic E-state index is 11.2. The molecule has 14 heavy (non-hydrogen) atoms. The number of aromatic carboxylic acids is 1. The molecule has 78 valence electrons. The summed E-state index contributed by atoms with van der Waals surface area (Å²) in [6.07, 6.45) is 0. The lowest BCUT2D eigenvalue weighted by molar-refractivity contribution is 0.0689. The van der Waals surface area contributed by atoms with Crippen LogP contribution in [0.1, 0.15) is 23.1 Å². The maximum atomic E-state index is 11.2. The predicted octanol–water partition coefficient (Wildman–Crippen LogP) is -0.562. The summed E-state index contributed by atoms with van der Waals surface area (Å²) < 4.78 is 22.3. The number of hydrogen-bond donors (Lipinski definition) is 2. The second kappa shape index (κ2) is 3.74. The lowest BCUT2D eigenvalue weighted by Gasteiger charge is -1.97. The molecule has 0 fully saturated rings. The van der Waals surface area contributed by atoms with Gasteiger partial charge in [0.25, 0.3) is 0 Å². The van der Waals surface area contributed by atoms with E-state index in [1.807, 2.05) is 0 Å². The van der Waals surface area contributed by atoms with E-state index in [1.165, 1.54) is 6.92 Å². The van der Waals surface area contributed by atoms with Crippen LogP contribution in [0.15, 0.2) is 0 Å². The van der Waals surface area contributed by atoms with Crippen LogP contribution in [0.2, 0.25) is 0 Å². The van der Waals surface area contributed by atoms with Crippen molar-refractivity contribution in [2.24, 2.45) is 0 Å². The van der Waals surface area contributed by atoms with Crippen molar-refractivity contribution in [2.75, 3.05) is 5.75 Å². The number of aromatic nitrogens is 3. The summed E-state index contributed by atoms with van der Waals surface area (Å²) >= 11 is 0. The van der Waals surface area contributed by atoms with Crippen molar-refractivity contribution >= 4 is 15.8 Å². The molecule has 0 aliphatic heterocycles. The summed E-state index contributed by atoms with van der Waals surface area (Å²) in [5.74, 6) is -1.75. The van der Waals surface area contributed by atoms with E-state index >= 15 is 0 Å². The molecule has 7 nitrogen and oxygen atoms in total. The highest BCUT2D eigenvalue weighted by Gasteiger charge is 2.20. The summed E-state index contributed by atoms with van der Waals surface area (Å²) in [4.78, 5) is 10.5. The zero-order valence-electron chi connectivity index (χ0n) is 7.39. The van der Waals surface area contributed by atoms with Crippen molar-refractivity contribution in [3.8, 4) is 0 Å². The molecule has 1 rings (SSSR count). The third kappa shape index (κ3) is 2.28. The number of carboxylic acid groups (broad SMARTS) is 1. The number of rotatable bonds is 4. The minimum absolute atomic E-state index is 0.0562. The normalized spacial score (nSPS) is 11.5. The molecule has 0 atom stereocenters. The van der Waals surface area contributed by atoms with Gasteiger partial charge in [-0.15, -0.1) is 5.10 Å². The van der Waals surface area contributed by atoms with Gasteiger partial charge in [0.2, 0.25) is 0 Å². The fourth-order valence-electron chi connectivity index (χ4n) is 0.835. The van der Waals surface area contributed by atoms with Crippen LogP contribution in [-0.4, -0.2) is 40.7 Å². The van der Waals surface area contributed by atoms with Crippen LogP contribution in [0, 0.1) is 0 Å². The highest BCUT2D eigenvalue weighted by Crippen LogP contribution is 2.06. The molecule has 0 aliphatic rings. The molecule has 0 saturated carbocycles. The van der Waals surface area contributed by atoms with Gasteiger partial charge < -0.3 is 5.11 Å². The van der Waals surface area contributed by atoms with Gasteiger partial charge in [-0.25, -0.2) is 13.2 Å². The molecule has 1 aromatic rings. The van der Waals surface area contributed by atoms with Gasteiger partial charge in [-0.3, -0.25) is 0 Å². The summed E-state index contributed by atoms with van der Waals surface area (Å²) in [5, 5.41) is 17.5. The second-order valence-corrected chi connectivity index (χ2v) is 4.95. The Bertz CT molecular complexity index is 436. The molecule has 0 bridgehead atoms. The molecule has 0 unspecified atom stereocenters. The zero-order chi connectivity index (χ0) is 10.8. The smallest absolute Gasteiger partial charge is 0.358 e. The molecule has 1 aromatic heterocycles. The van der Waals surface area contributed by atoms with Crippen molar-refractivity contribution in [2.45, 2.75) is 12.7 Å². The molecule has 0 saturated heterocycles. The number of nitrogens with zero attached hydrogens (tertiary/aromatic N) is 2. The minimum atomic E-state index is -3.28. The molecular weight excluding hydrogens is 210 g/mol. The summed E-state index contributed by atoms with van der Waals surface area (Å²) in [6.45, 7) is 1.48. The second-order valence-electron chi connectivity index (χ2n) is 2.60. The Morgan fingerprint density at radius 2 is 2.14 bits per heavy atom. The topological polar surface area (TPSA) is 113 Å². The van der Waals surface area contributed by atoms with Gasteiger partial charge in [0.15, 0.2) is 15.5 Å². The minimum Gasteiger partial charge on any atom is -0.476 e. The van der Waals surface area contributed by atoms with Crippen LogP contribution >= 0.6 is 0 Å². The van der Waals surface area contributed by atoms with Crippen LogP contribution in [0.25, 0.3) is 0 Å². The first-order valence-corrected chi connectivity index (χ1v) is 5.61. The van der Waals surface area contributed by atoms with Crippen LogP contribution in [0.4, 0.5) is 0 Å². The van der Waals surface area contributed by atoms with Crippen molar-refractivity contribution in [1.82, 2.24) is 15.4 Å². The zero-order valence-corrected chi connectivity index (χ0v) is 8.21. The molecule has 1 heterocycles. The van der Waals surface area contributed by atoms with Crippen molar-refractivity contribution < 1.29 is 18.3 Å². The number of sulfone groups is 1. The number of aromatic amines is 1. The third-order valence-corrected chi connectivity index (χ3v) is 3.21. The first-order chi connectivity index (χ1) is 6.46. The fourth-order valence-corrected chi connectivity index (χ4v) is 1.66. The Kier molecular flexibility index (Phi) is 2.84. The Morgan fingerprint density at radius 3 is 2.64 bits per heavy atom. The highest BCUT2D eigenvalue weighted by molar-refractivity contribution is 7.90.